The number of rotatable bonds is 6. The predicted octanol–water partition coefficient (Wildman–Crippen LogP) is 1.26. The highest BCUT2D eigenvalue weighted by Crippen LogP contribution is 2.25. The number of carboxylic acids is 1. The van der Waals surface area contributed by atoms with Gasteiger partial charge >= 0.3 is 5.97 Å². The molecule has 0 aromatic carbocycles. The van der Waals surface area contributed by atoms with Gasteiger partial charge in [-0.25, -0.2) is 4.98 Å². The molecule has 16 heavy (non-hydrogen) atoms. The number of hydrogen-bond donors (Lipinski definition) is 2. The number of carboxylic acid groups (broad SMARTS) is 1. The summed E-state index contributed by atoms with van der Waals surface area (Å²) >= 11 is 1.23. The molecule has 1 atom stereocenters. The van der Waals surface area contributed by atoms with Crippen molar-refractivity contribution in [3.05, 3.63) is 11.9 Å². The third-order valence-corrected chi connectivity index (χ3v) is 3.59. The van der Waals surface area contributed by atoms with Crippen LogP contribution in [0.3, 0.4) is 0 Å². The number of carbonyl (C=O) groups is 1. The van der Waals surface area contributed by atoms with E-state index in [1.807, 2.05) is 6.92 Å². The van der Waals surface area contributed by atoms with Crippen LogP contribution in [0.4, 0.5) is 0 Å². The molecular formula is C10H16N2O3S. The minimum absolute atomic E-state index is 0.0877. The van der Waals surface area contributed by atoms with Crippen molar-refractivity contribution in [3.8, 4) is 0 Å². The number of aliphatic carboxylic acids is 1. The standard InChI is InChI=1S/C10H16N2O3S/c1-3-4-8(9(14)15)16-10-11-5-7(6-13)12(10)2/h5,8,13H,3-4,6H2,1-2H3,(H,14,15). The second kappa shape index (κ2) is 5.91. The number of aliphatic hydroxyl groups excluding tert-OH is 1. The maximum absolute atomic E-state index is 11.0. The zero-order valence-electron chi connectivity index (χ0n) is 9.38. The molecule has 6 heteroatoms. The van der Waals surface area contributed by atoms with E-state index in [9.17, 15) is 4.79 Å². The first-order chi connectivity index (χ1) is 7.60. The Kier molecular flexibility index (Phi) is 4.82. The fourth-order valence-electron chi connectivity index (χ4n) is 1.30. The summed E-state index contributed by atoms with van der Waals surface area (Å²) < 4.78 is 1.72. The molecule has 0 aliphatic carbocycles. The molecule has 0 saturated heterocycles. The van der Waals surface area contributed by atoms with Crippen molar-refractivity contribution in [3.63, 3.8) is 0 Å². The molecule has 5 nitrogen and oxygen atoms in total. The van der Waals surface area contributed by atoms with Gasteiger partial charge in [-0.05, 0) is 6.42 Å². The third kappa shape index (κ3) is 2.99. The van der Waals surface area contributed by atoms with E-state index in [0.717, 1.165) is 6.42 Å². The first kappa shape index (κ1) is 13.1. The van der Waals surface area contributed by atoms with Crippen LogP contribution in [0, 0.1) is 0 Å². The Morgan fingerprint density at radius 1 is 1.69 bits per heavy atom. The molecular weight excluding hydrogens is 228 g/mol. The van der Waals surface area contributed by atoms with Gasteiger partial charge in [0.05, 0.1) is 18.5 Å². The molecule has 90 valence electrons. The molecule has 1 heterocycles. The van der Waals surface area contributed by atoms with E-state index in [1.165, 1.54) is 11.8 Å². The van der Waals surface area contributed by atoms with Gasteiger partial charge in [-0.2, -0.15) is 0 Å². The van der Waals surface area contributed by atoms with Crippen LogP contribution in [0.25, 0.3) is 0 Å². The monoisotopic (exact) mass is 244 g/mol. The normalized spacial score (nSPS) is 12.7. The average Bonchev–Trinajstić information content (AvgIpc) is 2.59. The molecule has 0 aliphatic heterocycles. The smallest absolute Gasteiger partial charge is 0.317 e. The molecule has 0 aliphatic rings. The second-order valence-corrected chi connectivity index (χ2v) is 4.65. The molecule has 0 saturated carbocycles. The van der Waals surface area contributed by atoms with Gasteiger partial charge in [-0.1, -0.05) is 25.1 Å². The van der Waals surface area contributed by atoms with Crippen molar-refractivity contribution >= 4 is 17.7 Å². The Balaban J connectivity index is 2.77. The van der Waals surface area contributed by atoms with Crippen molar-refractivity contribution in [2.75, 3.05) is 0 Å². The van der Waals surface area contributed by atoms with E-state index in [2.05, 4.69) is 4.98 Å². The van der Waals surface area contributed by atoms with Crippen molar-refractivity contribution in [2.45, 2.75) is 36.8 Å². The highest BCUT2D eigenvalue weighted by Gasteiger charge is 2.20. The predicted molar refractivity (Wildman–Crippen MR) is 61.3 cm³/mol. The number of thioether (sulfide) groups is 1. The van der Waals surface area contributed by atoms with Crippen LogP contribution in [0.1, 0.15) is 25.5 Å². The summed E-state index contributed by atoms with van der Waals surface area (Å²) in [5.41, 5.74) is 0.683. The number of imidazole rings is 1. The lowest BCUT2D eigenvalue weighted by Crippen LogP contribution is -2.16. The van der Waals surface area contributed by atoms with E-state index in [-0.39, 0.29) is 6.61 Å². The number of nitrogens with zero attached hydrogens (tertiary/aromatic N) is 2. The fraction of sp³-hybridized carbons (Fsp3) is 0.600. The summed E-state index contributed by atoms with van der Waals surface area (Å²) in [5, 5.41) is 18.2. The van der Waals surface area contributed by atoms with E-state index in [4.69, 9.17) is 10.2 Å². The molecule has 0 radical (unpaired) electrons. The minimum atomic E-state index is -0.819. The minimum Gasteiger partial charge on any atom is -0.480 e. The average molecular weight is 244 g/mol. The number of aromatic nitrogens is 2. The molecule has 2 N–H and O–H groups in total. The molecule has 1 aromatic rings. The van der Waals surface area contributed by atoms with E-state index < -0.39 is 11.2 Å². The van der Waals surface area contributed by atoms with Gasteiger partial charge in [0.2, 0.25) is 0 Å². The molecule has 0 fully saturated rings. The quantitative estimate of drug-likeness (QED) is 0.737. The van der Waals surface area contributed by atoms with Crippen LogP contribution in [0.5, 0.6) is 0 Å². The Bertz CT molecular complexity index is 365. The summed E-state index contributed by atoms with van der Waals surface area (Å²) in [5.74, 6) is -0.819. The lowest BCUT2D eigenvalue weighted by Gasteiger charge is -2.10. The van der Waals surface area contributed by atoms with Gasteiger partial charge in [-0.3, -0.25) is 4.79 Å². The van der Waals surface area contributed by atoms with Crippen LogP contribution >= 0.6 is 11.8 Å². The van der Waals surface area contributed by atoms with Crippen LogP contribution in [0.15, 0.2) is 11.4 Å². The van der Waals surface area contributed by atoms with Gasteiger partial charge < -0.3 is 14.8 Å². The first-order valence-corrected chi connectivity index (χ1v) is 5.99. The summed E-state index contributed by atoms with van der Waals surface area (Å²) in [4.78, 5) is 15.1. The van der Waals surface area contributed by atoms with Crippen molar-refractivity contribution in [2.24, 2.45) is 7.05 Å². The van der Waals surface area contributed by atoms with Crippen LogP contribution in [0.2, 0.25) is 0 Å². The lowest BCUT2D eigenvalue weighted by atomic mass is 10.2. The molecule has 1 rings (SSSR count). The SMILES string of the molecule is CCCC(Sc1ncc(CO)n1C)C(=O)O. The first-order valence-electron chi connectivity index (χ1n) is 5.11. The second-order valence-electron chi connectivity index (χ2n) is 3.48. The topological polar surface area (TPSA) is 75.4 Å². The molecule has 1 unspecified atom stereocenters. The van der Waals surface area contributed by atoms with E-state index in [0.29, 0.717) is 17.3 Å². The number of aliphatic hydroxyl groups is 1. The highest BCUT2D eigenvalue weighted by atomic mass is 32.2. The Morgan fingerprint density at radius 3 is 2.81 bits per heavy atom. The van der Waals surface area contributed by atoms with Gasteiger partial charge in [-0.15, -0.1) is 0 Å². The summed E-state index contributed by atoms with van der Waals surface area (Å²) in [7, 11) is 1.77. The molecule has 0 amide bonds. The number of hydrogen-bond acceptors (Lipinski definition) is 4. The zero-order chi connectivity index (χ0) is 12.1. The van der Waals surface area contributed by atoms with Crippen molar-refractivity contribution < 1.29 is 15.0 Å². The summed E-state index contributed by atoms with van der Waals surface area (Å²) in [6.45, 7) is 1.86. The van der Waals surface area contributed by atoms with Crippen molar-refractivity contribution in [1.29, 1.82) is 0 Å². The highest BCUT2D eigenvalue weighted by molar-refractivity contribution is 8.00. The largest absolute Gasteiger partial charge is 0.480 e. The van der Waals surface area contributed by atoms with Crippen LogP contribution < -0.4 is 0 Å². The maximum atomic E-state index is 11.0. The lowest BCUT2D eigenvalue weighted by molar-refractivity contribution is -0.136. The summed E-state index contributed by atoms with van der Waals surface area (Å²) in [6.07, 6.45) is 3.00. The van der Waals surface area contributed by atoms with Gasteiger partial charge in [0.15, 0.2) is 5.16 Å². The molecule has 0 bridgehead atoms. The third-order valence-electron chi connectivity index (χ3n) is 2.28. The van der Waals surface area contributed by atoms with Gasteiger partial charge in [0.25, 0.3) is 0 Å². The maximum Gasteiger partial charge on any atom is 0.317 e. The summed E-state index contributed by atoms with van der Waals surface area (Å²) in [6, 6.07) is 0. The Labute approximate surface area is 98.5 Å². The Morgan fingerprint density at radius 2 is 2.38 bits per heavy atom. The van der Waals surface area contributed by atoms with E-state index >= 15 is 0 Å². The van der Waals surface area contributed by atoms with E-state index in [1.54, 1.807) is 17.8 Å². The van der Waals surface area contributed by atoms with Gasteiger partial charge in [0.1, 0.15) is 5.25 Å². The van der Waals surface area contributed by atoms with Crippen LogP contribution in [-0.4, -0.2) is 31.0 Å². The van der Waals surface area contributed by atoms with Crippen molar-refractivity contribution in [1.82, 2.24) is 9.55 Å². The molecule has 0 spiro atoms. The zero-order valence-corrected chi connectivity index (χ0v) is 10.2. The van der Waals surface area contributed by atoms with Gasteiger partial charge in [0, 0.05) is 7.05 Å². The van der Waals surface area contributed by atoms with Crippen LogP contribution in [-0.2, 0) is 18.4 Å². The Hall–Kier alpha value is -1.01. The fourth-order valence-corrected chi connectivity index (χ4v) is 2.40. The molecule has 1 aromatic heterocycles.